The maximum Gasteiger partial charge on any atom is 0.503 e. The second-order valence-corrected chi connectivity index (χ2v) is 9.06. The van der Waals surface area contributed by atoms with E-state index in [1.54, 1.807) is 0 Å². The molecule has 1 heterocycles. The van der Waals surface area contributed by atoms with Crippen LogP contribution in [0.4, 0.5) is 0 Å². The number of ether oxygens (including phenoxy) is 2. The van der Waals surface area contributed by atoms with Crippen LogP contribution in [0.3, 0.4) is 0 Å². The quantitative estimate of drug-likeness (QED) is 0.333. The lowest BCUT2D eigenvalue weighted by Gasteiger charge is -2.37. The van der Waals surface area contributed by atoms with Crippen molar-refractivity contribution in [3.8, 4) is 0 Å². The van der Waals surface area contributed by atoms with Crippen molar-refractivity contribution < 1.29 is 22.8 Å². The largest absolute Gasteiger partial charge is 0.503 e. The highest BCUT2D eigenvalue weighted by molar-refractivity contribution is 6.61. The lowest BCUT2D eigenvalue weighted by molar-refractivity contribution is -0.0460. The molecule has 2 atom stereocenters. The molecule has 1 aliphatic heterocycles. The molecule has 1 fully saturated rings. The van der Waals surface area contributed by atoms with Crippen LogP contribution in [0.2, 0.25) is 6.04 Å². The summed E-state index contributed by atoms with van der Waals surface area (Å²) in [6.07, 6.45) is 4.04. The topological polar surface area (TPSA) is 49.5 Å². The van der Waals surface area contributed by atoms with Crippen molar-refractivity contribution in [3.63, 3.8) is 0 Å². The maximum atomic E-state index is 6.19. The minimum atomic E-state index is -2.73. The van der Waals surface area contributed by atoms with E-state index in [1.165, 1.54) is 0 Å². The molecule has 0 aromatic rings. The molecular formula is C17H36O5Si. The third kappa shape index (κ3) is 8.09. The van der Waals surface area contributed by atoms with Gasteiger partial charge in [0, 0.05) is 25.9 Å². The van der Waals surface area contributed by atoms with Crippen molar-refractivity contribution in [2.75, 3.05) is 33.0 Å². The van der Waals surface area contributed by atoms with E-state index >= 15 is 0 Å². The van der Waals surface area contributed by atoms with Crippen molar-refractivity contribution in [2.45, 2.75) is 78.1 Å². The van der Waals surface area contributed by atoms with Crippen molar-refractivity contribution in [3.05, 3.63) is 0 Å². The number of hydrogen-bond donors (Lipinski definition) is 0. The van der Waals surface area contributed by atoms with Crippen molar-refractivity contribution >= 4 is 8.80 Å². The summed E-state index contributed by atoms with van der Waals surface area (Å²) in [5, 5.41) is 0. The van der Waals surface area contributed by atoms with Gasteiger partial charge in [0.2, 0.25) is 0 Å². The van der Waals surface area contributed by atoms with Crippen LogP contribution in [0.15, 0.2) is 0 Å². The summed E-state index contributed by atoms with van der Waals surface area (Å²) in [5.41, 5.74) is -0.298. The Hall–Kier alpha value is 0.0169. The van der Waals surface area contributed by atoms with Crippen LogP contribution in [-0.4, -0.2) is 53.5 Å². The predicted molar refractivity (Wildman–Crippen MR) is 93.7 cm³/mol. The minimum Gasteiger partial charge on any atom is -0.373 e. The van der Waals surface area contributed by atoms with E-state index in [0.717, 1.165) is 32.3 Å². The lowest BCUT2D eigenvalue weighted by Crippen LogP contribution is -2.52. The highest BCUT2D eigenvalue weighted by Gasteiger charge is 2.48. The van der Waals surface area contributed by atoms with Crippen molar-refractivity contribution in [1.82, 2.24) is 0 Å². The second kappa shape index (κ2) is 10.8. The van der Waals surface area contributed by atoms with E-state index in [-0.39, 0.29) is 11.7 Å². The molecule has 0 amide bonds. The van der Waals surface area contributed by atoms with Crippen LogP contribution in [0.1, 0.15) is 60.3 Å². The van der Waals surface area contributed by atoms with Crippen LogP contribution >= 0.6 is 0 Å². The van der Waals surface area contributed by atoms with Gasteiger partial charge in [-0.15, -0.1) is 0 Å². The van der Waals surface area contributed by atoms with Crippen LogP contribution in [0, 0.1) is 0 Å². The van der Waals surface area contributed by atoms with Gasteiger partial charge in [-0.3, -0.25) is 0 Å². The molecule has 2 unspecified atom stereocenters. The summed E-state index contributed by atoms with van der Waals surface area (Å²) in [7, 11) is -2.73. The van der Waals surface area contributed by atoms with Crippen LogP contribution in [0.5, 0.6) is 0 Å². The first-order valence-corrected chi connectivity index (χ1v) is 11.1. The highest BCUT2D eigenvalue weighted by Crippen LogP contribution is 2.31. The zero-order chi connectivity index (χ0) is 17.2. The van der Waals surface area contributed by atoms with Crippen LogP contribution in [-0.2, 0) is 22.8 Å². The van der Waals surface area contributed by atoms with Gasteiger partial charge in [0.15, 0.2) is 0 Å². The van der Waals surface area contributed by atoms with E-state index in [9.17, 15) is 0 Å². The average Bonchev–Trinajstić information content (AvgIpc) is 3.39. The van der Waals surface area contributed by atoms with Gasteiger partial charge >= 0.3 is 8.80 Å². The Kier molecular flexibility index (Phi) is 9.88. The smallest absolute Gasteiger partial charge is 0.373 e. The molecule has 0 aliphatic carbocycles. The van der Waals surface area contributed by atoms with Gasteiger partial charge in [-0.2, -0.15) is 0 Å². The molecule has 0 bridgehead atoms. The molecule has 5 nitrogen and oxygen atoms in total. The van der Waals surface area contributed by atoms with Gasteiger partial charge in [-0.1, -0.05) is 27.7 Å². The molecule has 6 heteroatoms. The SMILES string of the molecule is CCCO[Si](CC(C)(CC)OCC1CO1)(OCCC)OCCC. The van der Waals surface area contributed by atoms with Gasteiger partial charge in [-0.05, 0) is 32.6 Å². The molecule has 1 saturated heterocycles. The van der Waals surface area contributed by atoms with Gasteiger partial charge in [0.05, 0.1) is 18.8 Å². The molecule has 138 valence electrons. The fourth-order valence-corrected chi connectivity index (χ4v) is 5.61. The molecule has 1 rings (SSSR count). The van der Waals surface area contributed by atoms with Crippen molar-refractivity contribution in [1.29, 1.82) is 0 Å². The second-order valence-electron chi connectivity index (χ2n) is 6.47. The zero-order valence-electron chi connectivity index (χ0n) is 15.7. The first-order chi connectivity index (χ1) is 11.0. The highest BCUT2D eigenvalue weighted by atomic mass is 28.4. The third-order valence-electron chi connectivity index (χ3n) is 3.94. The third-order valence-corrected chi connectivity index (χ3v) is 7.05. The fourth-order valence-electron chi connectivity index (χ4n) is 2.25. The predicted octanol–water partition coefficient (Wildman–Crippen LogP) is 3.79. The van der Waals surface area contributed by atoms with Crippen LogP contribution < -0.4 is 0 Å². The van der Waals surface area contributed by atoms with Crippen molar-refractivity contribution in [2.24, 2.45) is 0 Å². The van der Waals surface area contributed by atoms with E-state index in [2.05, 4.69) is 34.6 Å². The Morgan fingerprint density at radius 2 is 1.43 bits per heavy atom. The number of epoxide rings is 1. The summed E-state index contributed by atoms with van der Waals surface area (Å²) in [4.78, 5) is 0. The maximum absolute atomic E-state index is 6.19. The standard InChI is InChI=1S/C17H36O5Si/c1-6-10-20-23(21-11-7-2,22-12-8-3)15-17(5,9-4)19-14-16-13-18-16/h16H,6-15H2,1-5H3. The first kappa shape index (κ1) is 21.1. The summed E-state index contributed by atoms with van der Waals surface area (Å²) in [6.45, 7) is 14.1. The zero-order valence-corrected chi connectivity index (χ0v) is 16.7. The molecule has 0 aromatic carbocycles. The summed E-state index contributed by atoms with van der Waals surface area (Å²) in [5.74, 6) is 0. The monoisotopic (exact) mass is 348 g/mol. The minimum absolute atomic E-state index is 0.265. The molecule has 0 spiro atoms. The van der Waals surface area contributed by atoms with Gasteiger partial charge < -0.3 is 22.8 Å². The normalized spacial score (nSPS) is 20.5. The molecular weight excluding hydrogens is 312 g/mol. The van der Waals surface area contributed by atoms with Gasteiger partial charge in [0.1, 0.15) is 6.10 Å². The molecule has 1 aliphatic rings. The average molecular weight is 349 g/mol. The fraction of sp³-hybridized carbons (Fsp3) is 1.00. The molecule has 0 saturated carbocycles. The molecule has 0 radical (unpaired) electrons. The molecule has 0 N–H and O–H groups in total. The Bertz CT molecular complexity index is 290. The van der Waals surface area contributed by atoms with Crippen LogP contribution in [0.25, 0.3) is 0 Å². The van der Waals surface area contributed by atoms with E-state index in [1.807, 2.05) is 0 Å². The summed E-state index contributed by atoms with van der Waals surface area (Å²) in [6, 6.07) is 0.698. The van der Waals surface area contributed by atoms with Gasteiger partial charge in [0.25, 0.3) is 0 Å². The molecule has 0 aromatic heterocycles. The summed E-state index contributed by atoms with van der Waals surface area (Å²) < 4.78 is 30.0. The number of hydrogen-bond acceptors (Lipinski definition) is 5. The number of rotatable bonds is 15. The Morgan fingerprint density at radius 1 is 0.957 bits per heavy atom. The Labute approximate surface area is 143 Å². The Morgan fingerprint density at radius 3 is 1.78 bits per heavy atom. The lowest BCUT2D eigenvalue weighted by atomic mass is 10.1. The van der Waals surface area contributed by atoms with Gasteiger partial charge in [-0.25, -0.2) is 0 Å². The Balaban J connectivity index is 2.77. The van der Waals surface area contributed by atoms with E-state index in [4.69, 9.17) is 22.8 Å². The first-order valence-electron chi connectivity index (χ1n) is 9.20. The molecule has 23 heavy (non-hydrogen) atoms. The van der Waals surface area contributed by atoms with E-state index < -0.39 is 8.80 Å². The summed E-state index contributed by atoms with van der Waals surface area (Å²) >= 11 is 0. The van der Waals surface area contributed by atoms with E-state index in [0.29, 0.717) is 32.5 Å².